The number of nitrogens with zero attached hydrogens (tertiary/aromatic N) is 2. The molecule has 0 bridgehead atoms. The van der Waals surface area contributed by atoms with E-state index in [1.54, 1.807) is 0 Å². The van der Waals surface area contributed by atoms with Gasteiger partial charge in [0.2, 0.25) is 5.91 Å². The van der Waals surface area contributed by atoms with Gasteiger partial charge in [-0.2, -0.15) is 0 Å². The zero-order chi connectivity index (χ0) is 17.8. The first kappa shape index (κ1) is 18.4. The van der Waals surface area contributed by atoms with Crippen molar-refractivity contribution < 1.29 is 4.79 Å². The predicted molar refractivity (Wildman–Crippen MR) is 102 cm³/mol. The van der Waals surface area contributed by atoms with Crippen LogP contribution in [-0.2, 0) is 4.79 Å². The van der Waals surface area contributed by atoms with Crippen LogP contribution >= 0.6 is 0 Å². The van der Waals surface area contributed by atoms with Gasteiger partial charge in [-0.05, 0) is 44.7 Å². The highest BCUT2D eigenvalue weighted by atomic mass is 16.2. The molecule has 1 saturated heterocycles. The number of hydrogen-bond acceptors (Lipinski definition) is 3. The lowest BCUT2D eigenvalue weighted by Gasteiger charge is -2.34. The van der Waals surface area contributed by atoms with Gasteiger partial charge in [-0.1, -0.05) is 43.2 Å². The second-order valence-corrected chi connectivity index (χ2v) is 8.04. The predicted octanol–water partition coefficient (Wildman–Crippen LogP) is 2.84. The molecule has 0 unspecified atom stereocenters. The fraction of sp³-hybridized carbons (Fsp3) is 0.667. The van der Waals surface area contributed by atoms with Crippen molar-refractivity contribution in [2.75, 3.05) is 26.2 Å². The van der Waals surface area contributed by atoms with Crippen molar-refractivity contribution in [1.29, 1.82) is 0 Å². The van der Waals surface area contributed by atoms with E-state index in [0.29, 0.717) is 36.9 Å². The zero-order valence-corrected chi connectivity index (χ0v) is 15.7. The molecule has 1 heterocycles. The third kappa shape index (κ3) is 4.24. The van der Waals surface area contributed by atoms with Crippen molar-refractivity contribution in [3.8, 4) is 0 Å². The highest BCUT2D eigenvalue weighted by Gasteiger charge is 2.36. The van der Waals surface area contributed by atoms with Gasteiger partial charge in [-0.3, -0.25) is 9.69 Å². The van der Waals surface area contributed by atoms with Crippen molar-refractivity contribution >= 4 is 5.91 Å². The van der Waals surface area contributed by atoms with Crippen molar-refractivity contribution in [3.63, 3.8) is 0 Å². The van der Waals surface area contributed by atoms with E-state index >= 15 is 0 Å². The summed E-state index contributed by atoms with van der Waals surface area (Å²) in [5.41, 5.74) is 7.39. The highest BCUT2D eigenvalue weighted by Crippen LogP contribution is 2.32. The van der Waals surface area contributed by atoms with E-state index in [1.165, 1.54) is 31.2 Å². The summed E-state index contributed by atoms with van der Waals surface area (Å²) in [6.07, 6.45) is 4.86. The van der Waals surface area contributed by atoms with Crippen LogP contribution in [0.4, 0.5) is 0 Å². The summed E-state index contributed by atoms with van der Waals surface area (Å²) < 4.78 is 0. The highest BCUT2D eigenvalue weighted by molar-refractivity contribution is 5.79. The van der Waals surface area contributed by atoms with E-state index in [0.717, 1.165) is 13.1 Å². The van der Waals surface area contributed by atoms with Gasteiger partial charge in [0.15, 0.2) is 0 Å². The Morgan fingerprint density at radius 3 is 2.48 bits per heavy atom. The minimum atomic E-state index is 0.286. The molecule has 1 aromatic rings. The molecule has 25 heavy (non-hydrogen) atoms. The van der Waals surface area contributed by atoms with Crippen molar-refractivity contribution in [2.24, 2.45) is 11.7 Å². The van der Waals surface area contributed by atoms with E-state index in [1.807, 2.05) is 0 Å². The first-order valence-electron chi connectivity index (χ1n) is 9.88. The fourth-order valence-corrected chi connectivity index (χ4v) is 4.77. The van der Waals surface area contributed by atoms with Gasteiger partial charge in [0.25, 0.3) is 0 Å². The number of carbonyl (C=O) groups excluding carboxylic acids is 1. The van der Waals surface area contributed by atoms with Gasteiger partial charge in [0, 0.05) is 31.1 Å². The van der Waals surface area contributed by atoms with Gasteiger partial charge in [-0.15, -0.1) is 0 Å². The molecule has 1 aliphatic carbocycles. The number of hydrogen-bond donors (Lipinski definition) is 1. The number of amides is 1. The Balaban J connectivity index is 1.65. The normalized spacial score (nSPS) is 25.0. The SMILES string of the molecule is CC(C)N(C(=O)CN1C[C@@H](CN)[C@H](c2ccccc2)C1)C1CCCC1. The molecule has 2 aliphatic rings. The molecule has 2 atom stereocenters. The van der Waals surface area contributed by atoms with Gasteiger partial charge < -0.3 is 10.6 Å². The van der Waals surface area contributed by atoms with Crippen LogP contribution in [0.25, 0.3) is 0 Å². The molecular formula is C21H33N3O. The summed E-state index contributed by atoms with van der Waals surface area (Å²) in [5, 5.41) is 0. The summed E-state index contributed by atoms with van der Waals surface area (Å²) in [5.74, 6) is 1.18. The molecule has 3 rings (SSSR count). The summed E-state index contributed by atoms with van der Waals surface area (Å²) in [4.78, 5) is 17.5. The molecule has 4 heteroatoms. The van der Waals surface area contributed by atoms with Crippen LogP contribution in [0.5, 0.6) is 0 Å². The van der Waals surface area contributed by atoms with Crippen LogP contribution in [0.3, 0.4) is 0 Å². The molecule has 4 nitrogen and oxygen atoms in total. The molecule has 1 aromatic carbocycles. The Hall–Kier alpha value is -1.39. The van der Waals surface area contributed by atoms with Crippen molar-refractivity contribution in [1.82, 2.24) is 9.80 Å². The first-order valence-corrected chi connectivity index (χ1v) is 9.88. The summed E-state index contributed by atoms with van der Waals surface area (Å²) >= 11 is 0. The molecule has 0 spiro atoms. The smallest absolute Gasteiger partial charge is 0.237 e. The van der Waals surface area contributed by atoms with Gasteiger partial charge in [0.1, 0.15) is 0 Å². The molecule has 0 radical (unpaired) electrons. The Morgan fingerprint density at radius 2 is 1.88 bits per heavy atom. The van der Waals surface area contributed by atoms with E-state index in [2.05, 4.69) is 54.0 Å². The van der Waals surface area contributed by atoms with Gasteiger partial charge >= 0.3 is 0 Å². The molecule has 1 amide bonds. The number of rotatable bonds is 6. The average molecular weight is 344 g/mol. The standard InChI is InChI=1S/C21H33N3O/c1-16(2)24(19-10-6-7-11-19)21(25)15-23-13-18(12-22)20(14-23)17-8-4-3-5-9-17/h3-5,8-9,16,18-20H,6-7,10-15,22H2,1-2H3/t18-,20+/m1/s1. The maximum absolute atomic E-state index is 13.0. The quantitative estimate of drug-likeness (QED) is 0.864. The van der Waals surface area contributed by atoms with E-state index in [-0.39, 0.29) is 6.04 Å². The maximum Gasteiger partial charge on any atom is 0.237 e. The lowest BCUT2D eigenvalue weighted by molar-refractivity contribution is -0.136. The summed E-state index contributed by atoms with van der Waals surface area (Å²) in [6.45, 7) is 7.38. The van der Waals surface area contributed by atoms with E-state index < -0.39 is 0 Å². The molecule has 138 valence electrons. The lowest BCUT2D eigenvalue weighted by atomic mass is 9.89. The van der Waals surface area contributed by atoms with Gasteiger partial charge in [-0.25, -0.2) is 0 Å². The Bertz CT molecular complexity index is 554. The van der Waals surface area contributed by atoms with Crippen LogP contribution in [0, 0.1) is 5.92 Å². The van der Waals surface area contributed by atoms with Crippen LogP contribution in [0.15, 0.2) is 30.3 Å². The fourth-order valence-electron chi connectivity index (χ4n) is 4.77. The monoisotopic (exact) mass is 343 g/mol. The van der Waals surface area contributed by atoms with E-state index in [9.17, 15) is 4.79 Å². The largest absolute Gasteiger partial charge is 0.336 e. The van der Waals surface area contributed by atoms with Crippen LogP contribution in [-0.4, -0.2) is 54.0 Å². The molecule has 1 aliphatic heterocycles. The second kappa shape index (κ2) is 8.33. The second-order valence-electron chi connectivity index (χ2n) is 8.04. The number of carbonyl (C=O) groups is 1. The minimum absolute atomic E-state index is 0.286. The molecular weight excluding hydrogens is 310 g/mol. The van der Waals surface area contributed by atoms with Gasteiger partial charge in [0.05, 0.1) is 6.54 Å². The van der Waals surface area contributed by atoms with Crippen LogP contribution < -0.4 is 5.73 Å². The molecule has 2 N–H and O–H groups in total. The lowest BCUT2D eigenvalue weighted by Crippen LogP contribution is -2.48. The van der Waals surface area contributed by atoms with Crippen molar-refractivity contribution in [3.05, 3.63) is 35.9 Å². The molecule has 0 aromatic heterocycles. The zero-order valence-electron chi connectivity index (χ0n) is 15.7. The van der Waals surface area contributed by atoms with E-state index in [4.69, 9.17) is 5.73 Å². The third-order valence-electron chi connectivity index (χ3n) is 5.97. The number of nitrogens with two attached hydrogens (primary N) is 1. The first-order chi connectivity index (χ1) is 12.1. The average Bonchev–Trinajstić information content (AvgIpc) is 3.25. The minimum Gasteiger partial charge on any atom is -0.336 e. The number of benzene rings is 1. The topological polar surface area (TPSA) is 49.6 Å². The van der Waals surface area contributed by atoms with Crippen molar-refractivity contribution in [2.45, 2.75) is 57.5 Å². The molecule has 1 saturated carbocycles. The number of likely N-dealkylation sites (tertiary alicyclic amines) is 1. The molecule has 2 fully saturated rings. The Kier molecular flexibility index (Phi) is 6.13. The van der Waals surface area contributed by atoms with Crippen LogP contribution in [0.1, 0.15) is 51.0 Å². The Labute approximate surface area is 152 Å². The maximum atomic E-state index is 13.0. The summed E-state index contributed by atoms with van der Waals surface area (Å²) in [6, 6.07) is 11.4. The van der Waals surface area contributed by atoms with Crippen LogP contribution in [0.2, 0.25) is 0 Å². The summed E-state index contributed by atoms with van der Waals surface area (Å²) in [7, 11) is 0. The third-order valence-corrected chi connectivity index (χ3v) is 5.97. The Morgan fingerprint density at radius 1 is 1.20 bits per heavy atom.